The van der Waals surface area contributed by atoms with Crippen LogP contribution in [0.25, 0.3) is 10.4 Å². The molecule has 3 rings (SSSR count). The lowest BCUT2D eigenvalue weighted by Gasteiger charge is -2.24. The van der Waals surface area contributed by atoms with Gasteiger partial charge in [-0.1, -0.05) is 30.3 Å². The van der Waals surface area contributed by atoms with Gasteiger partial charge in [0, 0.05) is 10.9 Å². The summed E-state index contributed by atoms with van der Waals surface area (Å²) in [4.78, 5) is 13.8. The summed E-state index contributed by atoms with van der Waals surface area (Å²) < 4.78 is 4.93. The van der Waals surface area contributed by atoms with Crippen LogP contribution in [0.5, 0.6) is 0 Å². The molecule has 0 amide bonds. The van der Waals surface area contributed by atoms with E-state index in [1.807, 2.05) is 18.2 Å². The maximum atomic E-state index is 12.1. The van der Waals surface area contributed by atoms with E-state index in [4.69, 9.17) is 4.74 Å². The SMILES string of the molecule is COC(=O)c1sc(-c2ccccc2)cc1NC1CCNCC1. The minimum atomic E-state index is -0.274. The number of nitrogens with one attached hydrogen (secondary N) is 2. The van der Waals surface area contributed by atoms with Crippen molar-refractivity contribution in [2.45, 2.75) is 18.9 Å². The van der Waals surface area contributed by atoms with Crippen LogP contribution >= 0.6 is 11.3 Å². The zero-order chi connectivity index (χ0) is 15.4. The second-order valence-electron chi connectivity index (χ2n) is 5.38. The molecule has 2 aromatic rings. The van der Waals surface area contributed by atoms with E-state index in [-0.39, 0.29) is 5.97 Å². The smallest absolute Gasteiger partial charge is 0.350 e. The van der Waals surface area contributed by atoms with Crippen molar-refractivity contribution < 1.29 is 9.53 Å². The summed E-state index contributed by atoms with van der Waals surface area (Å²) in [6.45, 7) is 2.03. The van der Waals surface area contributed by atoms with Crippen LogP contribution < -0.4 is 10.6 Å². The molecule has 0 aliphatic carbocycles. The van der Waals surface area contributed by atoms with Gasteiger partial charge in [-0.15, -0.1) is 11.3 Å². The molecule has 0 radical (unpaired) electrons. The van der Waals surface area contributed by atoms with Crippen LogP contribution in [-0.2, 0) is 4.74 Å². The van der Waals surface area contributed by atoms with Gasteiger partial charge in [0.15, 0.2) is 0 Å². The molecule has 1 aromatic carbocycles. The van der Waals surface area contributed by atoms with Crippen molar-refractivity contribution in [2.75, 3.05) is 25.5 Å². The Kier molecular flexibility index (Phi) is 4.75. The summed E-state index contributed by atoms with van der Waals surface area (Å²) in [6.07, 6.45) is 2.13. The van der Waals surface area contributed by atoms with Crippen molar-refractivity contribution in [2.24, 2.45) is 0 Å². The van der Waals surface area contributed by atoms with E-state index in [2.05, 4.69) is 28.8 Å². The maximum absolute atomic E-state index is 12.1. The van der Waals surface area contributed by atoms with Gasteiger partial charge in [-0.05, 0) is 37.6 Å². The molecule has 1 aliphatic heterocycles. The second kappa shape index (κ2) is 6.94. The highest BCUT2D eigenvalue weighted by Crippen LogP contribution is 2.36. The van der Waals surface area contributed by atoms with Crippen molar-refractivity contribution >= 4 is 23.0 Å². The summed E-state index contributed by atoms with van der Waals surface area (Å²) in [5.74, 6) is -0.274. The van der Waals surface area contributed by atoms with Crippen molar-refractivity contribution in [3.05, 3.63) is 41.3 Å². The number of benzene rings is 1. The molecule has 0 bridgehead atoms. The third-order valence-electron chi connectivity index (χ3n) is 3.86. The lowest BCUT2D eigenvalue weighted by atomic mass is 10.1. The topological polar surface area (TPSA) is 50.4 Å². The third kappa shape index (κ3) is 3.31. The van der Waals surface area contributed by atoms with Crippen molar-refractivity contribution in [1.29, 1.82) is 0 Å². The normalized spacial score (nSPS) is 15.5. The molecule has 22 heavy (non-hydrogen) atoms. The molecule has 5 heteroatoms. The molecule has 0 spiro atoms. The van der Waals surface area contributed by atoms with Crippen LogP contribution in [-0.4, -0.2) is 32.2 Å². The number of anilines is 1. The number of methoxy groups -OCH3 is 1. The quantitative estimate of drug-likeness (QED) is 0.849. The minimum absolute atomic E-state index is 0.274. The molecule has 1 saturated heterocycles. The van der Waals surface area contributed by atoms with Gasteiger partial charge in [-0.25, -0.2) is 4.79 Å². The van der Waals surface area contributed by atoms with Crippen molar-refractivity contribution in [1.82, 2.24) is 5.32 Å². The Balaban J connectivity index is 1.89. The van der Waals surface area contributed by atoms with Crippen LogP contribution in [0.2, 0.25) is 0 Å². The monoisotopic (exact) mass is 316 g/mol. The Bertz CT molecular complexity index is 633. The zero-order valence-corrected chi connectivity index (χ0v) is 13.4. The predicted octanol–water partition coefficient (Wildman–Crippen LogP) is 3.37. The Labute approximate surface area is 134 Å². The number of esters is 1. The van der Waals surface area contributed by atoms with E-state index in [1.54, 1.807) is 0 Å². The molecule has 0 saturated carbocycles. The highest BCUT2D eigenvalue weighted by atomic mass is 32.1. The summed E-state index contributed by atoms with van der Waals surface area (Å²) in [5.41, 5.74) is 2.01. The standard InChI is InChI=1S/C17H20N2O2S/c1-21-17(20)16-14(19-13-7-9-18-10-8-13)11-15(22-16)12-5-3-2-4-6-12/h2-6,11,13,18-19H,7-10H2,1H3. The average molecular weight is 316 g/mol. The van der Waals surface area contributed by atoms with Crippen molar-refractivity contribution in [3.8, 4) is 10.4 Å². The molecule has 1 aliphatic rings. The number of piperidine rings is 1. The Morgan fingerprint density at radius 1 is 1.27 bits per heavy atom. The van der Waals surface area contributed by atoms with Gasteiger partial charge in [0.1, 0.15) is 4.88 Å². The number of carbonyl (C=O) groups is 1. The van der Waals surface area contributed by atoms with Gasteiger partial charge in [-0.2, -0.15) is 0 Å². The zero-order valence-electron chi connectivity index (χ0n) is 12.6. The Morgan fingerprint density at radius 2 is 2.00 bits per heavy atom. The van der Waals surface area contributed by atoms with Crippen LogP contribution in [0.15, 0.2) is 36.4 Å². The third-order valence-corrected chi connectivity index (χ3v) is 5.02. The van der Waals surface area contributed by atoms with E-state index >= 15 is 0 Å². The minimum Gasteiger partial charge on any atom is -0.465 e. The second-order valence-corrected chi connectivity index (χ2v) is 6.43. The summed E-state index contributed by atoms with van der Waals surface area (Å²) in [5, 5.41) is 6.88. The van der Waals surface area contributed by atoms with Crippen LogP contribution in [0.4, 0.5) is 5.69 Å². The molecular formula is C17H20N2O2S. The summed E-state index contributed by atoms with van der Waals surface area (Å²) >= 11 is 1.48. The first-order valence-corrected chi connectivity index (χ1v) is 8.34. The molecule has 1 aromatic heterocycles. The van der Waals surface area contributed by atoms with Crippen LogP contribution in [0, 0.1) is 0 Å². The number of hydrogen-bond donors (Lipinski definition) is 2. The lowest BCUT2D eigenvalue weighted by Crippen LogP contribution is -2.35. The van der Waals surface area contributed by atoms with E-state index < -0.39 is 0 Å². The first kappa shape index (κ1) is 15.1. The molecule has 4 nitrogen and oxygen atoms in total. The van der Waals surface area contributed by atoms with Gasteiger partial charge in [0.25, 0.3) is 0 Å². The van der Waals surface area contributed by atoms with Gasteiger partial charge in [-0.3, -0.25) is 0 Å². The van der Waals surface area contributed by atoms with Gasteiger partial charge >= 0.3 is 5.97 Å². The van der Waals surface area contributed by atoms with E-state index in [1.165, 1.54) is 18.4 Å². The Morgan fingerprint density at radius 3 is 2.68 bits per heavy atom. The summed E-state index contributed by atoms with van der Waals surface area (Å²) in [6, 6.07) is 12.6. The molecule has 116 valence electrons. The van der Waals surface area contributed by atoms with Crippen molar-refractivity contribution in [3.63, 3.8) is 0 Å². The first-order chi connectivity index (χ1) is 10.8. The number of ether oxygens (including phenoxy) is 1. The number of rotatable bonds is 4. The number of thiophene rings is 1. The fraction of sp³-hybridized carbons (Fsp3) is 0.353. The lowest BCUT2D eigenvalue weighted by molar-refractivity contribution is 0.0607. The highest BCUT2D eigenvalue weighted by molar-refractivity contribution is 7.18. The number of carbonyl (C=O) groups excluding carboxylic acids is 1. The highest BCUT2D eigenvalue weighted by Gasteiger charge is 2.21. The van der Waals surface area contributed by atoms with Gasteiger partial charge in [0.2, 0.25) is 0 Å². The fourth-order valence-electron chi connectivity index (χ4n) is 2.67. The first-order valence-electron chi connectivity index (χ1n) is 7.53. The number of hydrogen-bond acceptors (Lipinski definition) is 5. The van der Waals surface area contributed by atoms with E-state index in [0.717, 1.165) is 42.1 Å². The van der Waals surface area contributed by atoms with E-state index in [0.29, 0.717) is 10.9 Å². The molecule has 0 unspecified atom stereocenters. The molecule has 1 fully saturated rings. The predicted molar refractivity (Wildman–Crippen MR) is 90.6 cm³/mol. The molecule has 0 atom stereocenters. The van der Waals surface area contributed by atoms with Gasteiger partial charge < -0.3 is 15.4 Å². The molecule has 2 heterocycles. The van der Waals surface area contributed by atoms with E-state index in [9.17, 15) is 4.79 Å². The van der Waals surface area contributed by atoms with Crippen LogP contribution in [0.3, 0.4) is 0 Å². The summed E-state index contributed by atoms with van der Waals surface area (Å²) in [7, 11) is 1.43. The Hall–Kier alpha value is -1.85. The maximum Gasteiger partial charge on any atom is 0.350 e. The average Bonchev–Trinajstić information content (AvgIpc) is 3.00. The van der Waals surface area contributed by atoms with Gasteiger partial charge in [0.05, 0.1) is 12.8 Å². The van der Waals surface area contributed by atoms with Crippen LogP contribution in [0.1, 0.15) is 22.5 Å². The molecular weight excluding hydrogens is 296 g/mol. The fourth-order valence-corrected chi connectivity index (χ4v) is 3.72. The molecule has 2 N–H and O–H groups in total. The largest absolute Gasteiger partial charge is 0.465 e.